The molecule has 0 spiro atoms. The average Bonchev–Trinajstić information content (AvgIpc) is 3.28. The number of nitrogens with two attached hydrogens (primary N) is 3. The van der Waals surface area contributed by atoms with Gasteiger partial charge in [0.25, 0.3) is 0 Å². The second-order valence-electron chi connectivity index (χ2n) is 14.4. The van der Waals surface area contributed by atoms with Crippen LogP contribution in [0.5, 0.6) is 23.0 Å². The van der Waals surface area contributed by atoms with E-state index in [1.807, 2.05) is 0 Å². The Labute approximate surface area is 376 Å². The second kappa shape index (κ2) is 22.9. The predicted octanol–water partition coefficient (Wildman–Crippen LogP) is 1.95. The number of sulfonamides is 2. The Balaban J connectivity index is 0.000000232. The van der Waals surface area contributed by atoms with Gasteiger partial charge in [0.1, 0.15) is 34.6 Å². The molecule has 6 rings (SSSR count). The summed E-state index contributed by atoms with van der Waals surface area (Å²) >= 11 is 0. The number of ketones is 2. The van der Waals surface area contributed by atoms with Gasteiger partial charge in [0.2, 0.25) is 42.7 Å². The summed E-state index contributed by atoms with van der Waals surface area (Å²) in [5.74, 6) is 1.70. The van der Waals surface area contributed by atoms with Crippen LogP contribution in [0.25, 0.3) is 0 Å². The molecule has 64 heavy (non-hydrogen) atoms. The van der Waals surface area contributed by atoms with Crippen molar-refractivity contribution in [1.29, 1.82) is 0 Å². The minimum Gasteiger partial charge on any atom is -0.497 e. The molecular weight excluding hydrogens is 893 g/mol. The van der Waals surface area contributed by atoms with Gasteiger partial charge in [-0.3, -0.25) is 13.8 Å². The van der Waals surface area contributed by atoms with Crippen LogP contribution in [0.1, 0.15) is 64.4 Å². The molecule has 2 fully saturated rings. The third kappa shape index (κ3) is 13.7. The first-order valence-electron chi connectivity index (χ1n) is 19.8. The number of carbonyl (C=O) groups excluding carboxylic acids is 2. The van der Waals surface area contributed by atoms with Gasteiger partial charge in [-0.1, -0.05) is 6.92 Å². The van der Waals surface area contributed by atoms with E-state index >= 15 is 0 Å². The molecule has 0 radical (unpaired) electrons. The Kier molecular flexibility index (Phi) is 18.3. The van der Waals surface area contributed by atoms with Crippen molar-refractivity contribution < 1.29 is 49.6 Å². The summed E-state index contributed by atoms with van der Waals surface area (Å²) in [6, 6.07) is 9.98. The van der Waals surface area contributed by atoms with E-state index in [2.05, 4.69) is 25.3 Å². The summed E-state index contributed by atoms with van der Waals surface area (Å²) in [5, 5.41) is 3.27. The van der Waals surface area contributed by atoms with Gasteiger partial charge in [-0.05, 0) is 62.1 Å². The second-order valence-corrected chi connectivity index (χ2v) is 20.0. The number of ether oxygens (including phenoxy) is 4. The van der Waals surface area contributed by atoms with Crippen molar-refractivity contribution in [2.24, 2.45) is 5.73 Å². The lowest BCUT2D eigenvalue weighted by atomic mass is 10.0. The van der Waals surface area contributed by atoms with Crippen LogP contribution in [0.2, 0.25) is 0 Å². The fourth-order valence-corrected chi connectivity index (χ4v) is 8.80. The van der Waals surface area contributed by atoms with E-state index in [0.717, 1.165) is 12.8 Å². The lowest BCUT2D eigenvalue weighted by Crippen LogP contribution is -2.42. The molecule has 2 aliphatic rings. The molecule has 2 aliphatic heterocycles. The maximum absolute atomic E-state index is 13.0. The minimum absolute atomic E-state index is 0.0161. The quantitative estimate of drug-likeness (QED) is 0.104. The van der Waals surface area contributed by atoms with Gasteiger partial charge < -0.3 is 41.5 Å². The monoisotopic (exact) mass is 948 g/mol. The number of nitrogens with one attached hydrogen (secondary N) is 1. The molecule has 24 heteroatoms. The molecule has 2 aromatic heterocycles. The number of nitrogen functional groups attached to an aromatic ring is 2. The van der Waals surface area contributed by atoms with Gasteiger partial charge in [0, 0.05) is 56.4 Å². The minimum atomic E-state index is -3.18. The van der Waals surface area contributed by atoms with E-state index in [9.17, 15) is 30.6 Å². The Morgan fingerprint density at radius 2 is 1.14 bits per heavy atom. The highest BCUT2D eigenvalue weighted by Crippen LogP contribution is 2.29. The number of benzene rings is 2. The van der Waals surface area contributed by atoms with Crippen molar-refractivity contribution in [1.82, 2.24) is 28.5 Å². The highest BCUT2D eigenvalue weighted by Gasteiger charge is 2.27. The third-order valence-corrected chi connectivity index (χ3v) is 13.8. The van der Waals surface area contributed by atoms with Crippen LogP contribution in [0.15, 0.2) is 53.9 Å². The van der Waals surface area contributed by atoms with Crippen LogP contribution < -0.4 is 41.5 Å². The van der Waals surface area contributed by atoms with Crippen molar-refractivity contribution >= 4 is 60.0 Å². The van der Waals surface area contributed by atoms with Crippen molar-refractivity contribution in [3.05, 3.63) is 71.0 Å². The molecule has 0 bridgehead atoms. The Hall–Kier alpha value is -5.53. The molecule has 7 N–H and O–H groups in total. The standard InChI is InChI=1S/C19H25N5O5S.C15H17N3O4S.C6H14N2O2S/c1-28-13-4-5-16(29-2)14(10-13)17(25)15-11-21-19(23-18(15)20)22-12-6-8-24(9-7-12)30(3,26)27;1-4-23(20)15-17-8-11(14(16)18-15)13(19)10-7-9(21-2)5-6-12(10)22-3;1-11(9,10)8-4-2-6(7)3-5-8/h4-5,10-12H,6-9H2,1-3H3,(H3,20,21,22,23);5-8H,4H2,1-3H3,(H2,16,17,18);6H,2-5,7H2,1H3. The van der Waals surface area contributed by atoms with Gasteiger partial charge in [0.15, 0.2) is 0 Å². The SMILES string of the molecule is CCS(=O)c1ncc(C(=O)c2cc(OC)ccc2OC)c(N)n1.COc1ccc(OC)c(C(=O)c2cnc(NC3CCN(S(C)(=O)=O)CC3)nc2N)c1.CS(=O)(=O)N1CCC(N)CC1. The molecule has 0 aliphatic carbocycles. The van der Waals surface area contributed by atoms with Crippen molar-refractivity contribution in [2.45, 2.75) is 49.8 Å². The molecule has 4 heterocycles. The highest BCUT2D eigenvalue weighted by molar-refractivity contribution is 7.88. The van der Waals surface area contributed by atoms with E-state index in [1.54, 1.807) is 43.3 Å². The fraction of sp³-hybridized carbons (Fsp3) is 0.450. The number of anilines is 3. The van der Waals surface area contributed by atoms with E-state index in [4.69, 9.17) is 36.1 Å². The topological polar surface area (TPSA) is 305 Å². The van der Waals surface area contributed by atoms with Crippen LogP contribution >= 0.6 is 0 Å². The first-order valence-corrected chi connectivity index (χ1v) is 24.8. The first-order chi connectivity index (χ1) is 30.2. The van der Waals surface area contributed by atoms with Crippen LogP contribution in [0.3, 0.4) is 0 Å². The molecule has 1 unspecified atom stereocenters. The molecule has 1 atom stereocenters. The normalized spacial score (nSPS) is 15.6. The fourth-order valence-electron chi connectivity index (χ4n) is 6.43. The van der Waals surface area contributed by atoms with E-state index < -0.39 is 36.6 Å². The number of hydrogen-bond acceptors (Lipinski definition) is 19. The van der Waals surface area contributed by atoms with E-state index in [-0.39, 0.29) is 51.3 Å². The highest BCUT2D eigenvalue weighted by atomic mass is 32.2. The number of nitrogens with zero attached hydrogens (tertiary/aromatic N) is 6. The first kappa shape index (κ1) is 51.1. The molecule has 21 nitrogen and oxygen atoms in total. The van der Waals surface area contributed by atoms with E-state index in [0.29, 0.717) is 79.3 Å². The lowest BCUT2D eigenvalue weighted by Gasteiger charge is -2.30. The van der Waals surface area contributed by atoms with Crippen LogP contribution in [0.4, 0.5) is 17.6 Å². The number of piperidine rings is 2. The smallest absolute Gasteiger partial charge is 0.224 e. The third-order valence-electron chi connectivity index (χ3n) is 10.1. The molecular formula is C40H56N10O11S3. The molecule has 2 saturated heterocycles. The van der Waals surface area contributed by atoms with Gasteiger partial charge in [-0.15, -0.1) is 0 Å². The summed E-state index contributed by atoms with van der Waals surface area (Å²) in [5.41, 5.74) is 18.3. The zero-order chi connectivity index (χ0) is 47.4. The number of aromatic nitrogens is 4. The van der Waals surface area contributed by atoms with Crippen molar-refractivity contribution in [3.8, 4) is 23.0 Å². The van der Waals surface area contributed by atoms with Gasteiger partial charge in [0.05, 0.1) is 74.0 Å². The van der Waals surface area contributed by atoms with Gasteiger partial charge in [-0.2, -0.15) is 4.98 Å². The van der Waals surface area contributed by atoms with Crippen LogP contribution in [-0.4, -0.2) is 146 Å². The Bertz CT molecular complexity index is 2520. The summed E-state index contributed by atoms with van der Waals surface area (Å²) in [6.45, 7) is 3.77. The number of hydrogen-bond donors (Lipinski definition) is 4. The summed E-state index contributed by atoms with van der Waals surface area (Å²) in [4.78, 5) is 42.0. The molecule has 350 valence electrons. The number of methoxy groups -OCH3 is 4. The molecule has 4 aromatic rings. The van der Waals surface area contributed by atoms with E-state index in [1.165, 1.54) is 62.0 Å². The van der Waals surface area contributed by atoms with Crippen LogP contribution in [-0.2, 0) is 30.8 Å². The maximum atomic E-state index is 13.0. The number of carbonyl (C=O) groups is 2. The van der Waals surface area contributed by atoms with Gasteiger partial charge >= 0.3 is 0 Å². The Morgan fingerprint density at radius 3 is 1.53 bits per heavy atom. The summed E-state index contributed by atoms with van der Waals surface area (Å²) in [7, 11) is -1.54. The Morgan fingerprint density at radius 1 is 0.703 bits per heavy atom. The predicted molar refractivity (Wildman–Crippen MR) is 242 cm³/mol. The number of rotatable bonds is 14. The van der Waals surface area contributed by atoms with Crippen molar-refractivity contribution in [2.75, 3.05) is 89.7 Å². The molecule has 0 amide bonds. The lowest BCUT2D eigenvalue weighted by molar-refractivity contribution is 0.102. The summed E-state index contributed by atoms with van der Waals surface area (Å²) in [6.07, 6.45) is 7.92. The zero-order valence-corrected chi connectivity index (χ0v) is 39.2. The van der Waals surface area contributed by atoms with Gasteiger partial charge in [-0.25, -0.2) is 40.4 Å². The zero-order valence-electron chi connectivity index (χ0n) is 36.8. The van der Waals surface area contributed by atoms with Crippen molar-refractivity contribution in [3.63, 3.8) is 0 Å². The molecule has 2 aromatic carbocycles. The molecule has 0 saturated carbocycles. The average molecular weight is 949 g/mol. The van der Waals surface area contributed by atoms with Crippen LogP contribution in [0, 0.1) is 0 Å². The largest absolute Gasteiger partial charge is 0.497 e. The summed E-state index contributed by atoms with van der Waals surface area (Å²) < 4.78 is 80.6. The maximum Gasteiger partial charge on any atom is 0.224 e.